The second kappa shape index (κ2) is 8.41. The van der Waals surface area contributed by atoms with Crippen LogP contribution in [0.15, 0.2) is 53.6 Å². The van der Waals surface area contributed by atoms with Gasteiger partial charge < -0.3 is 10.1 Å². The van der Waals surface area contributed by atoms with Crippen LogP contribution in [0.5, 0.6) is 5.75 Å². The van der Waals surface area contributed by atoms with E-state index in [1.807, 2.05) is 41.9 Å². The second-order valence-corrected chi connectivity index (χ2v) is 8.02. The van der Waals surface area contributed by atoms with Crippen molar-refractivity contribution in [2.24, 2.45) is 0 Å². The number of fused-ring (bicyclic) bond motifs is 1. The molecule has 7 nitrogen and oxygen atoms in total. The Morgan fingerprint density at radius 1 is 1.27 bits per heavy atom. The van der Waals surface area contributed by atoms with Gasteiger partial charge in [-0.25, -0.2) is 4.68 Å². The number of thioether (sulfide) groups is 1. The third kappa shape index (κ3) is 3.88. The number of rotatable bonds is 5. The van der Waals surface area contributed by atoms with Crippen molar-refractivity contribution in [1.82, 2.24) is 9.78 Å². The first-order valence-corrected chi connectivity index (χ1v) is 10.6. The number of anilines is 2. The maximum absolute atomic E-state index is 12.7. The van der Waals surface area contributed by atoms with Crippen molar-refractivity contribution in [3.8, 4) is 11.4 Å². The molecule has 9 heteroatoms. The molecule has 1 N–H and O–H groups in total. The van der Waals surface area contributed by atoms with Crippen LogP contribution in [0, 0.1) is 6.92 Å². The first-order chi connectivity index (χ1) is 14.5. The number of nitrogens with one attached hydrogen (secondary N) is 1. The summed E-state index contributed by atoms with van der Waals surface area (Å²) in [7, 11) is 1.52. The van der Waals surface area contributed by atoms with E-state index >= 15 is 0 Å². The molecule has 3 aromatic rings. The fourth-order valence-electron chi connectivity index (χ4n) is 3.27. The zero-order valence-corrected chi connectivity index (χ0v) is 18.0. The van der Waals surface area contributed by atoms with E-state index in [0.717, 1.165) is 10.7 Å². The number of halogens is 1. The summed E-state index contributed by atoms with van der Waals surface area (Å²) in [4.78, 5) is 26.8. The molecule has 2 heterocycles. The van der Waals surface area contributed by atoms with Crippen LogP contribution in [0.25, 0.3) is 5.69 Å². The van der Waals surface area contributed by atoms with Gasteiger partial charge in [0.25, 0.3) is 0 Å². The van der Waals surface area contributed by atoms with Gasteiger partial charge in [-0.3, -0.25) is 14.5 Å². The number of carbonyl (C=O) groups excluding carboxylic acids is 2. The lowest BCUT2D eigenvalue weighted by Gasteiger charge is -2.27. The number of ether oxygens (including phenoxy) is 1. The molecule has 1 aromatic heterocycles. The number of benzene rings is 2. The number of methoxy groups -OCH3 is 1. The van der Waals surface area contributed by atoms with Crippen molar-refractivity contribution >= 4 is 46.6 Å². The van der Waals surface area contributed by atoms with Crippen molar-refractivity contribution < 1.29 is 14.3 Å². The molecule has 0 saturated carbocycles. The Morgan fingerprint density at radius 2 is 2.03 bits per heavy atom. The molecule has 1 aliphatic rings. The summed E-state index contributed by atoms with van der Waals surface area (Å²) in [6, 6.07) is 14.7. The highest BCUT2D eigenvalue weighted by Gasteiger charge is 2.32. The highest BCUT2D eigenvalue weighted by atomic mass is 35.5. The van der Waals surface area contributed by atoms with E-state index in [4.69, 9.17) is 16.3 Å². The van der Waals surface area contributed by atoms with E-state index < -0.39 is 0 Å². The number of para-hydroxylation sites is 1. The van der Waals surface area contributed by atoms with Gasteiger partial charge in [-0.05, 0) is 37.3 Å². The molecule has 30 heavy (non-hydrogen) atoms. The molecule has 154 valence electrons. The summed E-state index contributed by atoms with van der Waals surface area (Å²) < 4.78 is 6.94. The highest BCUT2D eigenvalue weighted by molar-refractivity contribution is 8.00. The van der Waals surface area contributed by atoms with Crippen LogP contribution >= 0.6 is 23.4 Å². The number of amides is 2. The van der Waals surface area contributed by atoms with Crippen LogP contribution in [0.1, 0.15) is 5.69 Å². The Kier molecular flexibility index (Phi) is 5.69. The predicted molar refractivity (Wildman–Crippen MR) is 118 cm³/mol. The van der Waals surface area contributed by atoms with E-state index in [1.54, 1.807) is 18.2 Å². The normalized spacial score (nSPS) is 13.2. The molecule has 0 atom stereocenters. The Bertz CT molecular complexity index is 1120. The number of aryl methyl sites for hydroxylation is 1. The largest absolute Gasteiger partial charge is 0.495 e. The molecule has 0 fully saturated rings. The van der Waals surface area contributed by atoms with E-state index in [0.29, 0.717) is 27.8 Å². The summed E-state index contributed by atoms with van der Waals surface area (Å²) in [5.41, 5.74) is 2.79. The molecule has 0 spiro atoms. The van der Waals surface area contributed by atoms with E-state index in [2.05, 4.69) is 10.4 Å². The molecule has 0 aliphatic carbocycles. The number of aromatic nitrogens is 2. The van der Waals surface area contributed by atoms with Gasteiger partial charge in [0.15, 0.2) is 0 Å². The van der Waals surface area contributed by atoms with E-state index in [9.17, 15) is 9.59 Å². The van der Waals surface area contributed by atoms with Gasteiger partial charge in [-0.15, -0.1) is 0 Å². The first kappa shape index (κ1) is 20.3. The third-order valence-electron chi connectivity index (χ3n) is 4.63. The van der Waals surface area contributed by atoms with Gasteiger partial charge >= 0.3 is 0 Å². The quantitative estimate of drug-likeness (QED) is 0.648. The van der Waals surface area contributed by atoms with Gasteiger partial charge in [0.05, 0.1) is 35.0 Å². The number of nitrogens with zero attached hydrogens (tertiary/aromatic N) is 3. The smallest absolute Gasteiger partial charge is 0.244 e. The van der Waals surface area contributed by atoms with Crippen LogP contribution in [0.2, 0.25) is 5.02 Å². The average Bonchev–Trinajstić information content (AvgIpc) is 3.07. The van der Waals surface area contributed by atoms with Gasteiger partial charge in [0.1, 0.15) is 17.3 Å². The van der Waals surface area contributed by atoms with Gasteiger partial charge in [0.2, 0.25) is 11.8 Å². The molecule has 4 rings (SSSR count). The SMILES string of the molecule is COc1ccc(NC(=O)CN2C(=O)CSc3c2c(C)nn3-c2ccccc2)cc1Cl. The zero-order valence-electron chi connectivity index (χ0n) is 16.4. The van der Waals surface area contributed by atoms with Gasteiger partial charge in [0, 0.05) is 5.69 Å². The summed E-state index contributed by atoms with van der Waals surface area (Å²) in [6.45, 7) is 1.73. The van der Waals surface area contributed by atoms with Gasteiger partial charge in [-0.2, -0.15) is 5.10 Å². The fraction of sp³-hybridized carbons (Fsp3) is 0.190. The lowest BCUT2D eigenvalue weighted by molar-refractivity contribution is -0.120. The summed E-state index contributed by atoms with van der Waals surface area (Å²) in [6.07, 6.45) is 0. The molecule has 0 saturated heterocycles. The van der Waals surface area contributed by atoms with Crippen molar-refractivity contribution in [3.63, 3.8) is 0 Å². The molecule has 2 amide bonds. The van der Waals surface area contributed by atoms with Crippen LogP contribution in [0.4, 0.5) is 11.4 Å². The van der Waals surface area contributed by atoms with E-state index in [1.165, 1.54) is 23.8 Å². The molecule has 0 bridgehead atoms. The summed E-state index contributed by atoms with van der Waals surface area (Å²) in [5, 5.41) is 8.63. The minimum absolute atomic E-state index is 0.114. The monoisotopic (exact) mass is 442 g/mol. The minimum atomic E-state index is -0.325. The van der Waals surface area contributed by atoms with Crippen molar-refractivity contribution in [1.29, 1.82) is 0 Å². The standard InChI is InChI=1S/C21H19ClN4O3S/c1-13-20-21(26(24-13)15-6-4-3-5-7-15)30-12-19(28)25(20)11-18(27)23-14-8-9-17(29-2)16(22)10-14/h3-10H,11-12H2,1-2H3,(H,23,27). The predicted octanol–water partition coefficient (Wildman–Crippen LogP) is 3.92. The maximum atomic E-state index is 12.7. The lowest BCUT2D eigenvalue weighted by Crippen LogP contribution is -2.41. The van der Waals surface area contributed by atoms with Crippen LogP contribution in [-0.2, 0) is 9.59 Å². The minimum Gasteiger partial charge on any atom is -0.495 e. The highest BCUT2D eigenvalue weighted by Crippen LogP contribution is 2.39. The number of hydrogen-bond donors (Lipinski definition) is 1. The second-order valence-electron chi connectivity index (χ2n) is 6.65. The Morgan fingerprint density at radius 3 is 2.73 bits per heavy atom. The Balaban J connectivity index is 1.58. The fourth-order valence-corrected chi connectivity index (χ4v) is 4.61. The molecule has 1 aliphatic heterocycles. The number of carbonyl (C=O) groups is 2. The molecule has 2 aromatic carbocycles. The summed E-state index contributed by atoms with van der Waals surface area (Å²) in [5.74, 6) is 0.305. The van der Waals surface area contributed by atoms with Crippen molar-refractivity contribution in [3.05, 3.63) is 59.2 Å². The Labute approximate surface area is 183 Å². The van der Waals surface area contributed by atoms with Crippen LogP contribution in [-0.4, -0.2) is 41.0 Å². The third-order valence-corrected chi connectivity index (χ3v) is 5.96. The molecule has 0 radical (unpaired) electrons. The molecular formula is C21H19ClN4O3S. The van der Waals surface area contributed by atoms with E-state index in [-0.39, 0.29) is 24.1 Å². The Hall–Kier alpha value is -2.97. The van der Waals surface area contributed by atoms with Gasteiger partial charge in [-0.1, -0.05) is 41.6 Å². The lowest BCUT2D eigenvalue weighted by atomic mass is 10.3. The molecular weight excluding hydrogens is 424 g/mol. The van der Waals surface area contributed by atoms with Crippen LogP contribution in [0.3, 0.4) is 0 Å². The van der Waals surface area contributed by atoms with Crippen molar-refractivity contribution in [2.45, 2.75) is 11.9 Å². The topological polar surface area (TPSA) is 76.5 Å². The summed E-state index contributed by atoms with van der Waals surface area (Å²) >= 11 is 7.55. The molecule has 0 unspecified atom stereocenters. The zero-order chi connectivity index (χ0) is 21.3. The maximum Gasteiger partial charge on any atom is 0.244 e. The average molecular weight is 443 g/mol. The van der Waals surface area contributed by atoms with Crippen LogP contribution < -0.4 is 15.0 Å². The first-order valence-electron chi connectivity index (χ1n) is 9.19. The van der Waals surface area contributed by atoms with Crippen molar-refractivity contribution in [2.75, 3.05) is 29.6 Å². The number of hydrogen-bond acceptors (Lipinski definition) is 5.